The van der Waals surface area contributed by atoms with Crippen LogP contribution in [0, 0.1) is 0 Å². The van der Waals surface area contributed by atoms with Gasteiger partial charge in [0, 0.05) is 25.4 Å². The lowest BCUT2D eigenvalue weighted by Crippen LogP contribution is -2.31. The first kappa shape index (κ1) is 11.0. The maximum Gasteiger partial charge on any atom is 0.356 e. The molecule has 0 amide bonds. The fraction of sp³-hybridized carbons (Fsp3) is 0.417. The number of aromatic nitrogens is 3. The average molecular weight is 246 g/mol. The van der Waals surface area contributed by atoms with Crippen LogP contribution in [0.15, 0.2) is 18.3 Å². The van der Waals surface area contributed by atoms with Gasteiger partial charge in [0.25, 0.3) is 0 Å². The first-order valence-corrected chi connectivity index (χ1v) is 6.09. The van der Waals surface area contributed by atoms with Crippen molar-refractivity contribution in [3.05, 3.63) is 24.0 Å². The second-order valence-corrected chi connectivity index (χ2v) is 4.46. The summed E-state index contributed by atoms with van der Waals surface area (Å²) in [6.07, 6.45) is 5.28. The minimum absolute atomic E-state index is 0.0342. The molecule has 0 spiro atoms. The van der Waals surface area contributed by atoms with Crippen molar-refractivity contribution in [3.63, 3.8) is 0 Å². The van der Waals surface area contributed by atoms with Crippen molar-refractivity contribution >= 4 is 17.4 Å². The van der Waals surface area contributed by atoms with Crippen LogP contribution in [-0.2, 0) is 0 Å². The average Bonchev–Trinajstić information content (AvgIpc) is 2.83. The maximum absolute atomic E-state index is 10.9. The lowest BCUT2D eigenvalue weighted by molar-refractivity contribution is 0.0690. The largest absolute Gasteiger partial charge is 0.476 e. The number of hydrogen-bond acceptors (Lipinski definition) is 4. The van der Waals surface area contributed by atoms with Crippen molar-refractivity contribution in [1.29, 1.82) is 0 Å². The smallest absolute Gasteiger partial charge is 0.356 e. The molecule has 0 aliphatic carbocycles. The molecular formula is C12H14N4O2. The van der Waals surface area contributed by atoms with Crippen LogP contribution in [0.1, 0.15) is 29.8 Å². The first-order chi connectivity index (χ1) is 8.75. The molecule has 6 heteroatoms. The standard InChI is InChI=1S/C12H14N4O2/c17-12(18)9-8-10-13-5-4-11(16(10)14-9)15-6-2-1-3-7-15/h4-5,8H,1-3,6-7H2,(H,17,18). The van der Waals surface area contributed by atoms with Crippen LogP contribution in [0.3, 0.4) is 0 Å². The molecule has 1 aliphatic rings. The molecule has 0 unspecified atom stereocenters. The highest BCUT2D eigenvalue weighted by Crippen LogP contribution is 2.20. The Morgan fingerprint density at radius 3 is 2.78 bits per heavy atom. The van der Waals surface area contributed by atoms with E-state index >= 15 is 0 Å². The van der Waals surface area contributed by atoms with Gasteiger partial charge < -0.3 is 10.0 Å². The number of aromatic carboxylic acids is 1. The molecule has 94 valence electrons. The minimum atomic E-state index is -1.02. The molecule has 3 rings (SSSR count). The van der Waals surface area contributed by atoms with Gasteiger partial charge >= 0.3 is 5.97 Å². The summed E-state index contributed by atoms with van der Waals surface area (Å²) in [7, 11) is 0. The number of carboxylic acids is 1. The van der Waals surface area contributed by atoms with Crippen molar-refractivity contribution in [2.45, 2.75) is 19.3 Å². The van der Waals surface area contributed by atoms with E-state index < -0.39 is 5.97 Å². The summed E-state index contributed by atoms with van der Waals surface area (Å²) in [6, 6.07) is 3.38. The van der Waals surface area contributed by atoms with Gasteiger partial charge in [0.05, 0.1) is 0 Å². The molecular weight excluding hydrogens is 232 g/mol. The Morgan fingerprint density at radius 1 is 1.28 bits per heavy atom. The van der Waals surface area contributed by atoms with Crippen molar-refractivity contribution in [1.82, 2.24) is 14.6 Å². The number of piperidine rings is 1. The summed E-state index contributed by atoms with van der Waals surface area (Å²) in [5.74, 6) is -0.0997. The highest BCUT2D eigenvalue weighted by Gasteiger charge is 2.17. The zero-order valence-corrected chi connectivity index (χ0v) is 9.91. The summed E-state index contributed by atoms with van der Waals surface area (Å²) in [6.45, 7) is 1.97. The van der Waals surface area contributed by atoms with Gasteiger partial charge in [-0.25, -0.2) is 9.78 Å². The summed E-state index contributed by atoms with van der Waals surface area (Å²) < 4.78 is 1.62. The maximum atomic E-state index is 10.9. The van der Waals surface area contributed by atoms with Gasteiger partial charge in [-0.3, -0.25) is 0 Å². The number of nitrogens with zero attached hydrogens (tertiary/aromatic N) is 4. The third-order valence-electron chi connectivity index (χ3n) is 3.24. The van der Waals surface area contributed by atoms with E-state index in [1.807, 2.05) is 6.07 Å². The normalized spacial score (nSPS) is 16.1. The van der Waals surface area contributed by atoms with Crippen LogP contribution >= 0.6 is 0 Å². The molecule has 6 nitrogen and oxygen atoms in total. The van der Waals surface area contributed by atoms with Crippen LogP contribution < -0.4 is 4.90 Å². The van der Waals surface area contributed by atoms with Gasteiger partial charge in [0.15, 0.2) is 11.3 Å². The molecule has 2 aromatic heterocycles. The Balaban J connectivity index is 2.07. The van der Waals surface area contributed by atoms with Crippen LogP contribution in [0.25, 0.3) is 5.65 Å². The van der Waals surface area contributed by atoms with Gasteiger partial charge in [0.2, 0.25) is 0 Å². The summed E-state index contributed by atoms with van der Waals surface area (Å²) in [5, 5.41) is 13.1. The summed E-state index contributed by atoms with van der Waals surface area (Å²) in [5.41, 5.74) is 0.613. The fourth-order valence-electron chi connectivity index (χ4n) is 2.35. The highest BCUT2D eigenvalue weighted by molar-refractivity contribution is 5.86. The van der Waals surface area contributed by atoms with Crippen molar-refractivity contribution in [2.24, 2.45) is 0 Å². The van der Waals surface area contributed by atoms with Crippen LogP contribution in [0.4, 0.5) is 5.82 Å². The number of rotatable bonds is 2. The number of fused-ring (bicyclic) bond motifs is 1. The molecule has 0 aromatic carbocycles. The molecule has 0 radical (unpaired) electrons. The fourth-order valence-corrected chi connectivity index (χ4v) is 2.35. The molecule has 3 heterocycles. The molecule has 0 bridgehead atoms. The lowest BCUT2D eigenvalue weighted by atomic mass is 10.1. The number of carbonyl (C=O) groups is 1. The molecule has 18 heavy (non-hydrogen) atoms. The molecule has 0 saturated carbocycles. The lowest BCUT2D eigenvalue weighted by Gasteiger charge is -2.28. The Labute approximate surface area is 104 Å². The van der Waals surface area contributed by atoms with Gasteiger partial charge in [-0.05, 0) is 25.3 Å². The predicted octanol–water partition coefficient (Wildman–Crippen LogP) is 1.42. The van der Waals surface area contributed by atoms with E-state index in [2.05, 4.69) is 15.0 Å². The van der Waals surface area contributed by atoms with Gasteiger partial charge in [-0.15, -0.1) is 0 Å². The SMILES string of the molecule is O=C(O)c1cc2nccc(N3CCCCC3)n2n1. The minimum Gasteiger partial charge on any atom is -0.476 e. The van der Waals surface area contributed by atoms with E-state index in [4.69, 9.17) is 5.11 Å². The molecule has 1 aliphatic heterocycles. The monoisotopic (exact) mass is 246 g/mol. The van der Waals surface area contributed by atoms with E-state index in [1.165, 1.54) is 12.5 Å². The van der Waals surface area contributed by atoms with Crippen molar-refractivity contribution in [3.8, 4) is 0 Å². The van der Waals surface area contributed by atoms with Crippen molar-refractivity contribution < 1.29 is 9.90 Å². The van der Waals surface area contributed by atoms with E-state index in [1.54, 1.807) is 10.7 Å². The van der Waals surface area contributed by atoms with Gasteiger partial charge in [-0.2, -0.15) is 9.61 Å². The van der Waals surface area contributed by atoms with Crippen LogP contribution in [-0.4, -0.2) is 38.8 Å². The zero-order chi connectivity index (χ0) is 12.5. The Hall–Kier alpha value is -2.11. The first-order valence-electron chi connectivity index (χ1n) is 6.09. The van der Waals surface area contributed by atoms with Gasteiger partial charge in [0.1, 0.15) is 5.82 Å². The molecule has 1 saturated heterocycles. The second kappa shape index (κ2) is 4.29. The third-order valence-corrected chi connectivity index (χ3v) is 3.24. The third kappa shape index (κ3) is 1.79. The second-order valence-electron chi connectivity index (χ2n) is 4.46. The number of anilines is 1. The van der Waals surface area contributed by atoms with E-state index in [0.29, 0.717) is 5.65 Å². The van der Waals surface area contributed by atoms with Gasteiger partial charge in [-0.1, -0.05) is 0 Å². The summed E-state index contributed by atoms with van der Waals surface area (Å²) >= 11 is 0. The Bertz CT molecular complexity index is 587. The molecule has 2 aromatic rings. The van der Waals surface area contributed by atoms with Crippen molar-refractivity contribution in [2.75, 3.05) is 18.0 Å². The number of hydrogen-bond donors (Lipinski definition) is 1. The van der Waals surface area contributed by atoms with Crippen LogP contribution in [0.2, 0.25) is 0 Å². The number of carboxylic acid groups (broad SMARTS) is 1. The molecule has 0 atom stereocenters. The molecule has 1 fully saturated rings. The zero-order valence-electron chi connectivity index (χ0n) is 9.91. The highest BCUT2D eigenvalue weighted by atomic mass is 16.4. The van der Waals surface area contributed by atoms with E-state index in [-0.39, 0.29) is 5.69 Å². The van der Waals surface area contributed by atoms with Crippen LogP contribution in [0.5, 0.6) is 0 Å². The van der Waals surface area contributed by atoms with E-state index in [0.717, 1.165) is 31.7 Å². The molecule has 1 N–H and O–H groups in total. The topological polar surface area (TPSA) is 70.7 Å². The predicted molar refractivity (Wildman–Crippen MR) is 66.0 cm³/mol. The van der Waals surface area contributed by atoms with E-state index in [9.17, 15) is 4.79 Å². The quantitative estimate of drug-likeness (QED) is 0.867. The Kier molecular flexibility index (Phi) is 2.62. The Morgan fingerprint density at radius 2 is 2.06 bits per heavy atom. The summed E-state index contributed by atoms with van der Waals surface area (Å²) in [4.78, 5) is 17.3.